The fourth-order valence-corrected chi connectivity index (χ4v) is 2.82. The van der Waals surface area contributed by atoms with Gasteiger partial charge in [0.2, 0.25) is 0 Å². The molecule has 3 heteroatoms. The van der Waals surface area contributed by atoms with Crippen LogP contribution in [0.2, 0.25) is 0 Å². The third kappa shape index (κ3) is 2.29. The highest BCUT2D eigenvalue weighted by Gasteiger charge is 2.17. The molecule has 0 aliphatic carbocycles. The summed E-state index contributed by atoms with van der Waals surface area (Å²) >= 11 is 1.91. The second-order valence-electron chi connectivity index (χ2n) is 4.30. The van der Waals surface area contributed by atoms with Crippen LogP contribution in [-0.2, 0) is 0 Å². The predicted molar refractivity (Wildman–Crippen MR) is 67.7 cm³/mol. The van der Waals surface area contributed by atoms with Gasteiger partial charge in [0.1, 0.15) is 0 Å². The topological polar surface area (TPSA) is 38.0 Å². The van der Waals surface area contributed by atoms with Crippen molar-refractivity contribution in [2.24, 2.45) is 5.73 Å². The van der Waals surface area contributed by atoms with E-state index >= 15 is 0 Å². The molecule has 1 aromatic carbocycles. The highest BCUT2D eigenvalue weighted by Crippen LogP contribution is 2.35. The summed E-state index contributed by atoms with van der Waals surface area (Å²) < 4.78 is 0. The Morgan fingerprint density at radius 3 is 3.00 bits per heavy atom. The minimum atomic E-state index is 0.424. The lowest BCUT2D eigenvalue weighted by Gasteiger charge is -2.26. The molecule has 0 saturated heterocycles. The van der Waals surface area contributed by atoms with E-state index in [1.165, 1.54) is 16.1 Å². The van der Waals surface area contributed by atoms with Crippen LogP contribution in [-0.4, -0.2) is 18.3 Å². The van der Waals surface area contributed by atoms with E-state index in [-0.39, 0.29) is 0 Å². The molecular formula is C12H18N2S. The van der Waals surface area contributed by atoms with Gasteiger partial charge in [-0.05, 0) is 23.6 Å². The molecule has 0 fully saturated rings. The lowest BCUT2D eigenvalue weighted by Crippen LogP contribution is -2.33. The summed E-state index contributed by atoms with van der Waals surface area (Å²) in [6.45, 7) is 5.16. The van der Waals surface area contributed by atoms with Crippen molar-refractivity contribution in [2.75, 3.05) is 17.6 Å². The van der Waals surface area contributed by atoms with E-state index in [0.717, 1.165) is 5.75 Å². The molecule has 1 aromatic rings. The van der Waals surface area contributed by atoms with E-state index < -0.39 is 0 Å². The molecule has 0 saturated carbocycles. The molecule has 2 nitrogen and oxygen atoms in total. The van der Waals surface area contributed by atoms with Crippen LogP contribution >= 0.6 is 11.8 Å². The van der Waals surface area contributed by atoms with Crippen molar-refractivity contribution < 1.29 is 0 Å². The van der Waals surface area contributed by atoms with Crippen molar-refractivity contribution in [3.63, 3.8) is 0 Å². The minimum Gasteiger partial charge on any atom is -0.379 e. The number of hydrogen-bond acceptors (Lipinski definition) is 3. The van der Waals surface area contributed by atoms with E-state index in [2.05, 4.69) is 37.4 Å². The van der Waals surface area contributed by atoms with Gasteiger partial charge in [-0.3, -0.25) is 0 Å². The quantitative estimate of drug-likeness (QED) is 0.808. The summed E-state index contributed by atoms with van der Waals surface area (Å²) in [4.78, 5) is 1.37. The molecular weight excluding hydrogens is 204 g/mol. The summed E-state index contributed by atoms with van der Waals surface area (Å²) in [5, 5.41) is 3.47. The van der Waals surface area contributed by atoms with Crippen molar-refractivity contribution in [3.05, 3.63) is 23.8 Å². The van der Waals surface area contributed by atoms with Crippen LogP contribution in [0.15, 0.2) is 23.1 Å². The van der Waals surface area contributed by atoms with Gasteiger partial charge in [0.15, 0.2) is 0 Å². The highest BCUT2D eigenvalue weighted by molar-refractivity contribution is 7.99. The number of anilines is 1. The Morgan fingerprint density at radius 2 is 2.33 bits per heavy atom. The number of fused-ring (bicyclic) bond motifs is 1. The van der Waals surface area contributed by atoms with Crippen LogP contribution < -0.4 is 11.1 Å². The molecule has 0 radical (unpaired) electrons. The molecule has 0 spiro atoms. The molecule has 2 rings (SSSR count). The summed E-state index contributed by atoms with van der Waals surface area (Å²) in [5.41, 5.74) is 8.32. The Morgan fingerprint density at radius 1 is 1.53 bits per heavy atom. The summed E-state index contributed by atoms with van der Waals surface area (Å²) in [7, 11) is 0. The molecule has 15 heavy (non-hydrogen) atoms. The van der Waals surface area contributed by atoms with Gasteiger partial charge in [-0.15, -0.1) is 11.8 Å². The van der Waals surface area contributed by atoms with Crippen molar-refractivity contribution in [1.82, 2.24) is 0 Å². The molecule has 1 heterocycles. The van der Waals surface area contributed by atoms with Crippen LogP contribution in [0.5, 0.6) is 0 Å². The number of thioether (sulfide) groups is 1. The first-order valence-electron chi connectivity index (χ1n) is 5.44. The van der Waals surface area contributed by atoms with Crippen LogP contribution in [0.25, 0.3) is 0 Å². The average molecular weight is 222 g/mol. The summed E-state index contributed by atoms with van der Waals surface area (Å²) in [6, 6.07) is 7.10. The lowest BCUT2D eigenvalue weighted by molar-refractivity contribution is 0.800. The first-order chi connectivity index (χ1) is 7.20. The monoisotopic (exact) mass is 222 g/mol. The Balaban J connectivity index is 2.24. The van der Waals surface area contributed by atoms with Crippen LogP contribution in [0.4, 0.5) is 5.69 Å². The second-order valence-corrected chi connectivity index (χ2v) is 5.36. The highest BCUT2D eigenvalue weighted by atomic mass is 32.2. The van der Waals surface area contributed by atoms with Crippen molar-refractivity contribution in [1.29, 1.82) is 0 Å². The Bertz CT molecular complexity index is 349. The number of nitrogens with one attached hydrogen (secondary N) is 1. The van der Waals surface area contributed by atoms with Gasteiger partial charge in [-0.25, -0.2) is 0 Å². The molecule has 0 aromatic heterocycles. The Labute approximate surface area is 95.6 Å². The van der Waals surface area contributed by atoms with E-state index in [0.29, 0.717) is 18.5 Å². The van der Waals surface area contributed by atoms with Crippen LogP contribution in [0.3, 0.4) is 0 Å². The maximum absolute atomic E-state index is 5.66. The zero-order valence-corrected chi connectivity index (χ0v) is 10.1. The van der Waals surface area contributed by atoms with Gasteiger partial charge in [-0.1, -0.05) is 19.9 Å². The van der Waals surface area contributed by atoms with Crippen molar-refractivity contribution in [3.8, 4) is 0 Å². The van der Waals surface area contributed by atoms with E-state index in [1.807, 2.05) is 11.8 Å². The average Bonchev–Trinajstić information content (AvgIpc) is 2.27. The molecule has 82 valence electrons. The summed E-state index contributed by atoms with van der Waals surface area (Å²) in [5.74, 6) is 1.67. The third-order valence-corrected chi connectivity index (χ3v) is 3.97. The molecule has 0 bridgehead atoms. The maximum Gasteiger partial charge on any atom is 0.0481 e. The normalized spacial score (nSPS) is 19.9. The maximum atomic E-state index is 5.66. The second kappa shape index (κ2) is 4.45. The van der Waals surface area contributed by atoms with E-state index in [9.17, 15) is 0 Å². The van der Waals surface area contributed by atoms with Crippen molar-refractivity contribution >= 4 is 17.4 Å². The standard InChI is InChI=1S/C12H18N2S/c1-8(2)9-3-4-11-12(5-9)15-7-10(6-13)14-11/h3-5,8,10,14H,6-7,13H2,1-2H3. The predicted octanol–water partition coefficient (Wildman–Crippen LogP) is 2.65. The minimum absolute atomic E-state index is 0.424. The van der Waals surface area contributed by atoms with Crippen LogP contribution in [0, 0.1) is 0 Å². The molecule has 1 aliphatic rings. The molecule has 1 atom stereocenters. The van der Waals surface area contributed by atoms with E-state index in [4.69, 9.17) is 5.73 Å². The Hall–Kier alpha value is -0.670. The zero-order valence-electron chi connectivity index (χ0n) is 9.29. The number of hydrogen-bond donors (Lipinski definition) is 2. The fourth-order valence-electron chi connectivity index (χ4n) is 1.72. The van der Waals surface area contributed by atoms with Crippen LogP contribution in [0.1, 0.15) is 25.3 Å². The number of rotatable bonds is 2. The fraction of sp³-hybridized carbons (Fsp3) is 0.500. The largest absolute Gasteiger partial charge is 0.379 e. The van der Waals surface area contributed by atoms with Gasteiger partial charge in [0, 0.05) is 28.9 Å². The molecule has 0 amide bonds. The third-order valence-electron chi connectivity index (χ3n) is 2.76. The first kappa shape index (κ1) is 10.8. The lowest BCUT2D eigenvalue weighted by atomic mass is 10.0. The van der Waals surface area contributed by atoms with Gasteiger partial charge < -0.3 is 11.1 Å². The van der Waals surface area contributed by atoms with Gasteiger partial charge in [-0.2, -0.15) is 0 Å². The SMILES string of the molecule is CC(C)c1ccc2c(c1)SCC(CN)N2. The molecule has 1 unspecified atom stereocenters. The molecule has 1 aliphatic heterocycles. The zero-order chi connectivity index (χ0) is 10.8. The first-order valence-corrected chi connectivity index (χ1v) is 6.42. The van der Waals surface area contributed by atoms with Gasteiger partial charge >= 0.3 is 0 Å². The number of nitrogens with two attached hydrogens (primary N) is 1. The van der Waals surface area contributed by atoms with Gasteiger partial charge in [0.25, 0.3) is 0 Å². The van der Waals surface area contributed by atoms with Crippen molar-refractivity contribution in [2.45, 2.75) is 30.7 Å². The van der Waals surface area contributed by atoms with Gasteiger partial charge in [0.05, 0.1) is 0 Å². The molecule has 3 N–H and O–H groups in total. The smallest absolute Gasteiger partial charge is 0.0481 e. The Kier molecular flexibility index (Phi) is 3.22. The number of benzene rings is 1. The summed E-state index contributed by atoms with van der Waals surface area (Å²) in [6.07, 6.45) is 0. The van der Waals surface area contributed by atoms with E-state index in [1.54, 1.807) is 0 Å².